The monoisotopic (exact) mass is 251 g/mol. The van der Waals surface area contributed by atoms with E-state index in [-0.39, 0.29) is 11.5 Å². The summed E-state index contributed by atoms with van der Waals surface area (Å²) in [7, 11) is 0. The number of rotatable bonds is 0. The lowest BCUT2D eigenvalue weighted by atomic mass is 9.95. The van der Waals surface area contributed by atoms with Gasteiger partial charge in [0.1, 0.15) is 0 Å². The summed E-state index contributed by atoms with van der Waals surface area (Å²) in [5, 5.41) is 3.26. The second kappa shape index (κ2) is 3.76. The van der Waals surface area contributed by atoms with Gasteiger partial charge in [-0.1, -0.05) is 5.92 Å². The molecule has 1 heterocycles. The zero-order valence-corrected chi connectivity index (χ0v) is 9.64. The highest BCUT2D eigenvalue weighted by Crippen LogP contribution is 2.46. The summed E-state index contributed by atoms with van der Waals surface area (Å²) in [6.45, 7) is 1.59. The molecule has 1 aromatic carbocycles. The number of hydrogen-bond donors (Lipinski definition) is 1. The highest BCUT2D eigenvalue weighted by molar-refractivity contribution is 5.52. The third-order valence-corrected chi connectivity index (χ3v) is 3.91. The van der Waals surface area contributed by atoms with Crippen LogP contribution in [0.2, 0.25) is 0 Å². The molecule has 0 saturated carbocycles. The Balaban J connectivity index is 2.19. The van der Waals surface area contributed by atoms with Crippen molar-refractivity contribution < 1.29 is 13.2 Å². The van der Waals surface area contributed by atoms with Crippen LogP contribution in [0.1, 0.15) is 40.5 Å². The molecule has 1 nitrogen and oxygen atoms in total. The molecule has 0 aromatic heterocycles. The molecular weight excluding hydrogens is 239 g/mol. The summed E-state index contributed by atoms with van der Waals surface area (Å²) in [5.74, 6) is 2.69. The number of nitrogens with one attached hydrogen (secondary N) is 1. The second-order valence-corrected chi connectivity index (χ2v) is 4.96. The van der Waals surface area contributed by atoms with Gasteiger partial charge in [-0.3, -0.25) is 0 Å². The minimum Gasteiger partial charge on any atom is -0.316 e. The fourth-order valence-electron chi connectivity index (χ4n) is 3.11. The quantitative estimate of drug-likeness (QED) is 0.699. The van der Waals surface area contributed by atoms with E-state index >= 15 is 0 Å². The first-order chi connectivity index (χ1) is 8.50. The average molecular weight is 251 g/mol. The number of halogens is 3. The normalized spacial score (nSPS) is 25.7. The molecule has 94 valence electrons. The number of benzene rings is 1. The molecule has 2 atom stereocenters. The van der Waals surface area contributed by atoms with Crippen LogP contribution >= 0.6 is 0 Å². The molecule has 1 aliphatic heterocycles. The fourth-order valence-corrected chi connectivity index (χ4v) is 3.11. The maximum atomic E-state index is 12.9. The minimum atomic E-state index is -4.37. The Kier molecular flexibility index (Phi) is 2.43. The molecule has 4 heteroatoms. The summed E-state index contributed by atoms with van der Waals surface area (Å²) < 4.78 is 38.8. The zero-order valence-electron chi connectivity index (χ0n) is 9.64. The fraction of sp³-hybridized carbons (Fsp3) is 0.429. The third-order valence-electron chi connectivity index (χ3n) is 3.91. The lowest BCUT2D eigenvalue weighted by molar-refractivity contribution is -0.137. The number of fused-ring (bicyclic) bond motifs is 5. The molecule has 1 saturated heterocycles. The third kappa shape index (κ3) is 1.62. The van der Waals surface area contributed by atoms with Crippen LogP contribution in [0.3, 0.4) is 0 Å². The summed E-state index contributed by atoms with van der Waals surface area (Å²) in [5.41, 5.74) is 1.13. The highest BCUT2D eigenvalue weighted by Gasteiger charge is 2.39. The van der Waals surface area contributed by atoms with Crippen LogP contribution in [-0.2, 0) is 6.18 Å². The van der Waals surface area contributed by atoms with E-state index in [1.54, 1.807) is 6.07 Å². The molecule has 18 heavy (non-hydrogen) atoms. The van der Waals surface area contributed by atoms with Gasteiger partial charge in [0.2, 0.25) is 0 Å². The number of piperidine rings is 1. The first-order valence-corrected chi connectivity index (χ1v) is 5.93. The SMILES string of the molecule is C#Cc1cc2c(cc1C(F)(F)F)C1CNCC2C1. The molecule has 3 rings (SSSR count). The van der Waals surface area contributed by atoms with Gasteiger partial charge in [0.05, 0.1) is 5.56 Å². The molecule has 0 amide bonds. The predicted molar refractivity (Wildman–Crippen MR) is 62.3 cm³/mol. The Bertz CT molecular complexity index is 539. The van der Waals surface area contributed by atoms with Crippen molar-refractivity contribution in [1.29, 1.82) is 0 Å². The van der Waals surface area contributed by atoms with E-state index in [4.69, 9.17) is 6.42 Å². The molecule has 1 fully saturated rings. The van der Waals surface area contributed by atoms with E-state index in [1.807, 2.05) is 0 Å². The summed E-state index contributed by atoms with van der Waals surface area (Å²) >= 11 is 0. The summed E-state index contributed by atoms with van der Waals surface area (Å²) in [4.78, 5) is 0. The van der Waals surface area contributed by atoms with Gasteiger partial charge in [-0.2, -0.15) is 13.2 Å². The van der Waals surface area contributed by atoms with Crippen LogP contribution in [0.25, 0.3) is 0 Å². The first kappa shape index (κ1) is 11.6. The molecule has 2 bridgehead atoms. The maximum Gasteiger partial charge on any atom is 0.417 e. The van der Waals surface area contributed by atoms with Crippen molar-refractivity contribution in [2.24, 2.45) is 0 Å². The molecule has 1 aliphatic carbocycles. The smallest absolute Gasteiger partial charge is 0.316 e. The number of hydrogen-bond acceptors (Lipinski definition) is 1. The van der Waals surface area contributed by atoms with Gasteiger partial charge in [-0.25, -0.2) is 0 Å². The number of terminal acetylenes is 1. The van der Waals surface area contributed by atoms with Gasteiger partial charge in [0.15, 0.2) is 0 Å². The van der Waals surface area contributed by atoms with Crippen molar-refractivity contribution in [1.82, 2.24) is 5.32 Å². The minimum absolute atomic E-state index is 0.0335. The average Bonchev–Trinajstić information content (AvgIpc) is 2.58. The van der Waals surface area contributed by atoms with Crippen molar-refractivity contribution >= 4 is 0 Å². The molecule has 1 N–H and O–H groups in total. The van der Waals surface area contributed by atoms with Gasteiger partial charge in [-0.15, -0.1) is 6.42 Å². The van der Waals surface area contributed by atoms with Crippen molar-refractivity contribution in [3.05, 3.63) is 34.4 Å². The van der Waals surface area contributed by atoms with E-state index in [1.165, 1.54) is 6.07 Å². The maximum absolute atomic E-state index is 12.9. The Labute approximate surface area is 103 Å². The zero-order chi connectivity index (χ0) is 12.9. The van der Waals surface area contributed by atoms with Gasteiger partial charge in [0, 0.05) is 18.7 Å². The molecule has 0 spiro atoms. The Hall–Kier alpha value is -1.47. The van der Waals surface area contributed by atoms with E-state index in [2.05, 4.69) is 11.2 Å². The first-order valence-electron chi connectivity index (χ1n) is 5.93. The van der Waals surface area contributed by atoms with Gasteiger partial charge in [0.25, 0.3) is 0 Å². The summed E-state index contributed by atoms with van der Waals surface area (Å²) in [6.07, 6.45) is 1.78. The Morgan fingerprint density at radius 3 is 2.33 bits per heavy atom. The van der Waals surface area contributed by atoms with E-state index in [0.717, 1.165) is 30.6 Å². The van der Waals surface area contributed by atoms with Gasteiger partial charge in [-0.05, 0) is 41.5 Å². The second-order valence-electron chi connectivity index (χ2n) is 4.96. The molecule has 0 radical (unpaired) electrons. The van der Waals surface area contributed by atoms with Crippen molar-refractivity contribution in [3.8, 4) is 12.3 Å². The van der Waals surface area contributed by atoms with Crippen LogP contribution in [0.4, 0.5) is 13.2 Å². The van der Waals surface area contributed by atoms with Gasteiger partial charge < -0.3 is 5.32 Å². The summed E-state index contributed by atoms with van der Waals surface area (Å²) in [6, 6.07) is 2.83. The van der Waals surface area contributed by atoms with Crippen LogP contribution in [-0.4, -0.2) is 13.1 Å². The molecule has 2 aliphatic rings. The van der Waals surface area contributed by atoms with Crippen LogP contribution in [0, 0.1) is 12.3 Å². The topological polar surface area (TPSA) is 12.0 Å². The predicted octanol–water partition coefficient (Wildman–Crippen LogP) is 2.86. The van der Waals surface area contributed by atoms with Crippen LogP contribution < -0.4 is 5.32 Å². The lowest BCUT2D eigenvalue weighted by Gasteiger charge is -2.19. The lowest BCUT2D eigenvalue weighted by Crippen LogP contribution is -2.28. The molecular formula is C14H12F3N. The molecule has 1 aromatic rings. The van der Waals surface area contributed by atoms with E-state index in [9.17, 15) is 13.2 Å². The van der Waals surface area contributed by atoms with E-state index < -0.39 is 11.7 Å². The van der Waals surface area contributed by atoms with Crippen molar-refractivity contribution in [3.63, 3.8) is 0 Å². The van der Waals surface area contributed by atoms with Crippen LogP contribution in [0.15, 0.2) is 12.1 Å². The van der Waals surface area contributed by atoms with Crippen molar-refractivity contribution in [2.75, 3.05) is 13.1 Å². The largest absolute Gasteiger partial charge is 0.417 e. The standard InChI is InChI=1S/C14H12F3N/c1-2-8-4-11-9-3-10(7-18-6-9)12(11)5-13(8)14(15,16)17/h1,4-5,9-10,18H,3,6-7H2. The number of alkyl halides is 3. The van der Waals surface area contributed by atoms with Crippen molar-refractivity contribution in [2.45, 2.75) is 24.4 Å². The van der Waals surface area contributed by atoms with E-state index in [0.29, 0.717) is 5.92 Å². The Morgan fingerprint density at radius 1 is 1.17 bits per heavy atom. The van der Waals surface area contributed by atoms with Gasteiger partial charge >= 0.3 is 6.18 Å². The Morgan fingerprint density at radius 2 is 1.78 bits per heavy atom. The highest BCUT2D eigenvalue weighted by atomic mass is 19.4. The van der Waals surface area contributed by atoms with Crippen LogP contribution in [0.5, 0.6) is 0 Å². The molecule has 2 unspecified atom stereocenters.